The highest BCUT2D eigenvalue weighted by atomic mass is 35.5. The van der Waals surface area contributed by atoms with E-state index in [0.29, 0.717) is 5.84 Å². The molecule has 1 heterocycles. The third kappa shape index (κ3) is 9.14. The van der Waals surface area contributed by atoms with Crippen molar-refractivity contribution in [2.45, 2.75) is 55.1 Å². The lowest BCUT2D eigenvalue weighted by Gasteiger charge is -2.33. The van der Waals surface area contributed by atoms with Gasteiger partial charge in [0.15, 0.2) is 11.1 Å². The van der Waals surface area contributed by atoms with E-state index in [9.17, 15) is 29.7 Å². The smallest absolute Gasteiger partial charge is 0.361 e. The van der Waals surface area contributed by atoms with Crippen LogP contribution in [-0.4, -0.2) is 111 Å². The van der Waals surface area contributed by atoms with Gasteiger partial charge in [-0.1, -0.05) is 18.2 Å². The molecule has 1 saturated carbocycles. The number of amidine groups is 3. The standard InChI is InChI=1S/C21H33ClN5O9P/c1-25-16(23)10-34-12-21(11-28,37(31,32)33)35-9-15-19(30)18(29)14(36-15)7-2-3-8-17(27-20(22)24)26-13-5-4-6-13/h2-3,7-8,13-15,18-19,23,28-30H,1,4-6,9-12H2,(H2,24,26,27)(H2,31,32,33)/t14-,15+,18-,19+,21+/m0/s1. The van der Waals surface area contributed by atoms with Crippen LogP contribution in [0.4, 0.5) is 0 Å². The first-order valence-electron chi connectivity index (χ1n) is 11.3. The molecule has 0 bridgehead atoms. The lowest BCUT2D eigenvalue weighted by atomic mass is 9.94. The molecule has 2 fully saturated rings. The molecule has 0 aromatic heterocycles. The van der Waals surface area contributed by atoms with E-state index in [1.54, 1.807) is 12.2 Å². The highest BCUT2D eigenvalue weighted by Crippen LogP contribution is 2.51. The molecule has 2 rings (SSSR count). The van der Waals surface area contributed by atoms with Crippen molar-refractivity contribution in [3.63, 3.8) is 0 Å². The van der Waals surface area contributed by atoms with Crippen LogP contribution < -0.4 is 5.73 Å². The number of aliphatic imine (C=N–C) groups is 3. The molecule has 14 nitrogen and oxygen atoms in total. The number of hydrogen-bond donors (Lipinski definition) is 7. The molecule has 0 spiro atoms. The van der Waals surface area contributed by atoms with Crippen LogP contribution in [0.3, 0.4) is 0 Å². The van der Waals surface area contributed by atoms with Crippen LogP contribution in [0.15, 0.2) is 39.3 Å². The van der Waals surface area contributed by atoms with Gasteiger partial charge in [-0.2, -0.15) is 0 Å². The predicted octanol–water partition coefficient (Wildman–Crippen LogP) is -0.330. The minimum atomic E-state index is -5.11. The molecule has 1 saturated heterocycles. The molecule has 37 heavy (non-hydrogen) atoms. The molecular weight excluding hydrogens is 533 g/mol. The van der Waals surface area contributed by atoms with Crippen molar-refractivity contribution in [2.75, 3.05) is 26.4 Å². The van der Waals surface area contributed by atoms with Gasteiger partial charge in [0, 0.05) is 0 Å². The van der Waals surface area contributed by atoms with E-state index in [1.807, 2.05) is 0 Å². The third-order valence-corrected chi connectivity index (χ3v) is 7.26. The molecule has 8 N–H and O–H groups in total. The zero-order valence-corrected chi connectivity index (χ0v) is 21.6. The summed E-state index contributed by atoms with van der Waals surface area (Å²) in [6.45, 7) is 0.196. The Balaban J connectivity index is 2.02. The maximum atomic E-state index is 12.1. The summed E-state index contributed by atoms with van der Waals surface area (Å²) in [5.74, 6) is 0.0401. The first-order valence-corrected chi connectivity index (χ1v) is 13.3. The molecule has 2 aliphatic rings. The highest BCUT2D eigenvalue weighted by Gasteiger charge is 2.50. The number of nitrogens with two attached hydrogens (primary N) is 1. The Bertz CT molecular complexity index is 964. The van der Waals surface area contributed by atoms with Gasteiger partial charge in [-0.3, -0.25) is 15.0 Å². The summed E-state index contributed by atoms with van der Waals surface area (Å²) in [7, 11) is -5.11. The van der Waals surface area contributed by atoms with E-state index in [1.165, 1.54) is 12.2 Å². The van der Waals surface area contributed by atoms with Crippen LogP contribution in [0.25, 0.3) is 0 Å². The Morgan fingerprint density at radius 1 is 1.30 bits per heavy atom. The van der Waals surface area contributed by atoms with Crippen LogP contribution in [-0.2, 0) is 18.8 Å². The van der Waals surface area contributed by atoms with Crippen LogP contribution in [0, 0.1) is 5.41 Å². The van der Waals surface area contributed by atoms with Crippen molar-refractivity contribution >= 4 is 42.9 Å². The van der Waals surface area contributed by atoms with E-state index in [-0.39, 0.29) is 17.2 Å². The average molecular weight is 566 g/mol. The minimum absolute atomic E-state index is 0.162. The van der Waals surface area contributed by atoms with Crippen LogP contribution in [0.1, 0.15) is 19.3 Å². The predicted molar refractivity (Wildman–Crippen MR) is 137 cm³/mol. The summed E-state index contributed by atoms with van der Waals surface area (Å²) < 4.78 is 28.0. The largest absolute Gasteiger partial charge is 0.393 e. The van der Waals surface area contributed by atoms with Gasteiger partial charge in [-0.05, 0) is 43.7 Å². The fraction of sp³-hybridized carbons (Fsp3) is 0.619. The number of hydrogen-bond acceptors (Lipinski definition) is 9. The normalized spacial score (nSPS) is 27.5. The second kappa shape index (κ2) is 14.4. The number of allylic oxidation sites excluding steroid dienone is 2. The SMILES string of the molecule is C=NC(=N)COC[C@](CO)(OC[C@H]1O[C@@H](C=CC=CC(N=C(N)Cl)=NC2CCC2)[C@H](O)[C@@H]1O)P(=O)(O)O. The summed E-state index contributed by atoms with van der Waals surface area (Å²) in [5, 5.41) is 35.1. The van der Waals surface area contributed by atoms with Crippen molar-refractivity contribution in [1.29, 1.82) is 5.41 Å². The molecule has 16 heteroatoms. The number of nitrogens with zero attached hydrogens (tertiary/aromatic N) is 3. The minimum Gasteiger partial charge on any atom is -0.393 e. The van der Waals surface area contributed by atoms with Gasteiger partial charge in [-0.15, -0.1) is 0 Å². The van der Waals surface area contributed by atoms with E-state index in [2.05, 4.69) is 21.7 Å². The van der Waals surface area contributed by atoms with E-state index >= 15 is 0 Å². The van der Waals surface area contributed by atoms with Gasteiger partial charge in [0.25, 0.3) is 0 Å². The van der Waals surface area contributed by atoms with Gasteiger partial charge in [-0.25, -0.2) is 9.98 Å². The highest BCUT2D eigenvalue weighted by molar-refractivity contribution is 7.53. The van der Waals surface area contributed by atoms with Gasteiger partial charge < -0.3 is 45.1 Å². The lowest BCUT2D eigenvalue weighted by molar-refractivity contribution is -0.118. The summed E-state index contributed by atoms with van der Waals surface area (Å²) in [6.07, 6.45) is 4.15. The van der Waals surface area contributed by atoms with Crippen molar-refractivity contribution in [2.24, 2.45) is 20.7 Å². The Morgan fingerprint density at radius 2 is 2.00 bits per heavy atom. The van der Waals surface area contributed by atoms with E-state index in [0.717, 1.165) is 19.3 Å². The van der Waals surface area contributed by atoms with Crippen LogP contribution in [0.5, 0.6) is 0 Å². The topological polar surface area (TPSA) is 233 Å². The Labute approximate surface area is 218 Å². The molecule has 1 aliphatic heterocycles. The molecule has 208 valence electrons. The monoisotopic (exact) mass is 565 g/mol. The summed E-state index contributed by atoms with van der Waals surface area (Å²) in [4.78, 5) is 31.2. The van der Waals surface area contributed by atoms with E-state index < -0.39 is 63.8 Å². The molecule has 0 unspecified atom stereocenters. The fourth-order valence-electron chi connectivity index (χ4n) is 3.29. The number of aliphatic hydroxyl groups is 3. The zero-order valence-electron chi connectivity index (χ0n) is 20.0. The summed E-state index contributed by atoms with van der Waals surface area (Å²) in [6, 6.07) is 0.162. The Hall–Kier alpha value is -1.84. The number of aliphatic hydroxyl groups excluding tert-OH is 3. The second-order valence-electron chi connectivity index (χ2n) is 8.43. The van der Waals surface area contributed by atoms with Crippen molar-refractivity contribution in [3.05, 3.63) is 24.3 Å². The van der Waals surface area contributed by atoms with Gasteiger partial charge >= 0.3 is 7.60 Å². The molecule has 0 amide bonds. The molecule has 0 aromatic rings. The Kier molecular flexibility index (Phi) is 12.2. The first kappa shape index (κ1) is 31.4. The maximum Gasteiger partial charge on any atom is 0.361 e. The third-order valence-electron chi connectivity index (χ3n) is 5.72. The lowest BCUT2D eigenvalue weighted by Crippen LogP contribution is -2.45. The average Bonchev–Trinajstić information content (AvgIpc) is 3.07. The maximum absolute atomic E-state index is 12.1. The second-order valence-corrected chi connectivity index (χ2v) is 10.7. The molecular formula is C21H33ClN5O9P. The van der Waals surface area contributed by atoms with Gasteiger partial charge in [0.2, 0.25) is 5.34 Å². The van der Waals surface area contributed by atoms with Crippen molar-refractivity contribution in [3.8, 4) is 0 Å². The molecule has 5 atom stereocenters. The zero-order chi connectivity index (χ0) is 27.6. The van der Waals surface area contributed by atoms with Crippen molar-refractivity contribution < 1.29 is 43.9 Å². The first-order chi connectivity index (χ1) is 17.4. The summed E-state index contributed by atoms with van der Waals surface area (Å²) in [5.41, 5.74) is 5.42. The van der Waals surface area contributed by atoms with Crippen molar-refractivity contribution in [1.82, 2.24) is 0 Å². The molecule has 1 aliphatic carbocycles. The quantitative estimate of drug-likeness (QED) is 0.0505. The fourth-order valence-corrected chi connectivity index (χ4v) is 4.07. The van der Waals surface area contributed by atoms with Gasteiger partial charge in [0.1, 0.15) is 36.9 Å². The number of rotatable bonds is 13. The van der Waals surface area contributed by atoms with Gasteiger partial charge in [0.05, 0.1) is 25.9 Å². The molecule has 0 radical (unpaired) electrons. The summed E-state index contributed by atoms with van der Waals surface area (Å²) >= 11 is 5.65. The number of nitrogens with one attached hydrogen (secondary N) is 1. The number of ether oxygens (including phenoxy) is 3. The Morgan fingerprint density at radius 3 is 2.54 bits per heavy atom. The van der Waals surface area contributed by atoms with Crippen LogP contribution in [0.2, 0.25) is 0 Å². The van der Waals surface area contributed by atoms with E-state index in [4.69, 9.17) is 37.0 Å². The van der Waals surface area contributed by atoms with Crippen LogP contribution >= 0.6 is 19.2 Å². The number of halogens is 1. The molecule has 0 aromatic carbocycles.